The summed E-state index contributed by atoms with van der Waals surface area (Å²) in [7, 11) is 0. The first-order valence-corrected chi connectivity index (χ1v) is 9.41. The maximum absolute atomic E-state index is 12.9. The number of ether oxygens (including phenoxy) is 1. The van der Waals surface area contributed by atoms with Crippen molar-refractivity contribution in [2.24, 2.45) is 5.92 Å². The number of halogens is 1. The summed E-state index contributed by atoms with van der Waals surface area (Å²) in [4.78, 5) is 19.3. The smallest absolute Gasteiger partial charge is 0.227 e. The molecule has 2 atom stereocenters. The molecule has 2 aromatic heterocycles. The van der Waals surface area contributed by atoms with Gasteiger partial charge in [0.2, 0.25) is 5.91 Å². The van der Waals surface area contributed by atoms with E-state index in [4.69, 9.17) is 16.3 Å². The van der Waals surface area contributed by atoms with Gasteiger partial charge in [0.25, 0.3) is 0 Å². The molecule has 7 heteroatoms. The van der Waals surface area contributed by atoms with E-state index >= 15 is 0 Å². The summed E-state index contributed by atoms with van der Waals surface area (Å²) in [5, 5.41) is 6.94. The summed E-state index contributed by atoms with van der Waals surface area (Å²) in [6.45, 7) is 4.02. The van der Waals surface area contributed by atoms with Gasteiger partial charge in [-0.25, -0.2) is 0 Å². The molecule has 0 spiro atoms. The highest BCUT2D eigenvalue weighted by atomic mass is 35.5. The van der Waals surface area contributed by atoms with Crippen LogP contribution >= 0.6 is 11.6 Å². The first-order chi connectivity index (χ1) is 13.1. The third kappa shape index (κ3) is 3.96. The number of hydrogen-bond acceptors (Lipinski definition) is 4. The molecule has 1 aliphatic rings. The third-order valence-corrected chi connectivity index (χ3v) is 5.04. The lowest BCUT2D eigenvalue weighted by molar-refractivity contribution is -0.143. The zero-order valence-corrected chi connectivity index (χ0v) is 15.8. The SMILES string of the molecule is CC(Cn1cc(Cl)cn1)C(=O)N1CCOC(c2cc3ccccc3cn2)C1. The van der Waals surface area contributed by atoms with Crippen molar-refractivity contribution in [2.45, 2.75) is 19.6 Å². The van der Waals surface area contributed by atoms with Crippen molar-refractivity contribution in [3.8, 4) is 0 Å². The van der Waals surface area contributed by atoms with Gasteiger partial charge in [0.15, 0.2) is 0 Å². The van der Waals surface area contributed by atoms with Gasteiger partial charge in [0.1, 0.15) is 6.10 Å². The van der Waals surface area contributed by atoms with Crippen LogP contribution in [-0.4, -0.2) is 45.3 Å². The first-order valence-electron chi connectivity index (χ1n) is 9.03. The molecular weight excluding hydrogens is 364 g/mol. The minimum Gasteiger partial charge on any atom is -0.368 e. The van der Waals surface area contributed by atoms with E-state index in [1.54, 1.807) is 17.1 Å². The number of aromatic nitrogens is 3. The molecule has 140 valence electrons. The predicted octanol–water partition coefficient (Wildman–Crippen LogP) is 3.32. The highest BCUT2D eigenvalue weighted by molar-refractivity contribution is 6.30. The van der Waals surface area contributed by atoms with E-state index in [2.05, 4.69) is 16.1 Å². The Labute approximate surface area is 162 Å². The van der Waals surface area contributed by atoms with Gasteiger partial charge in [-0.1, -0.05) is 42.8 Å². The fourth-order valence-corrected chi connectivity index (χ4v) is 3.57. The average Bonchev–Trinajstić information content (AvgIpc) is 3.11. The Bertz CT molecular complexity index is 958. The van der Waals surface area contributed by atoms with Crippen LogP contribution < -0.4 is 0 Å². The van der Waals surface area contributed by atoms with Gasteiger partial charge in [0, 0.05) is 24.3 Å². The fourth-order valence-electron chi connectivity index (χ4n) is 3.41. The van der Waals surface area contributed by atoms with Crippen molar-refractivity contribution < 1.29 is 9.53 Å². The van der Waals surface area contributed by atoms with E-state index in [1.165, 1.54) is 0 Å². The lowest BCUT2D eigenvalue weighted by Gasteiger charge is -2.34. The van der Waals surface area contributed by atoms with Gasteiger partial charge in [-0.05, 0) is 11.5 Å². The first kappa shape index (κ1) is 17.9. The molecule has 3 heterocycles. The van der Waals surface area contributed by atoms with E-state index in [0.717, 1.165) is 16.5 Å². The minimum atomic E-state index is -0.210. The molecule has 0 aliphatic carbocycles. The molecule has 0 N–H and O–H groups in total. The Kier molecular flexibility index (Phi) is 5.09. The van der Waals surface area contributed by atoms with E-state index in [-0.39, 0.29) is 17.9 Å². The molecule has 3 aromatic rings. The quantitative estimate of drug-likeness (QED) is 0.692. The van der Waals surface area contributed by atoms with Crippen LogP contribution in [0.15, 0.2) is 48.9 Å². The number of carbonyl (C=O) groups is 1. The Hall–Kier alpha value is -2.44. The molecule has 1 fully saturated rings. The fraction of sp³-hybridized carbons (Fsp3) is 0.350. The van der Waals surface area contributed by atoms with E-state index in [1.807, 2.05) is 42.3 Å². The lowest BCUT2D eigenvalue weighted by atomic mass is 10.1. The normalized spacial score (nSPS) is 18.6. The summed E-state index contributed by atoms with van der Waals surface area (Å²) in [6, 6.07) is 10.1. The standard InChI is InChI=1S/C20H21ClN4O2/c1-14(11-25-12-17(21)10-23-25)20(26)24-6-7-27-19(13-24)18-8-15-4-2-3-5-16(15)9-22-18/h2-5,8-10,12,14,19H,6-7,11,13H2,1H3. The van der Waals surface area contributed by atoms with Gasteiger partial charge >= 0.3 is 0 Å². The molecular formula is C20H21ClN4O2. The third-order valence-electron chi connectivity index (χ3n) is 4.84. The zero-order chi connectivity index (χ0) is 18.8. The Morgan fingerprint density at radius 3 is 2.93 bits per heavy atom. The maximum atomic E-state index is 12.9. The van der Waals surface area contributed by atoms with Gasteiger partial charge < -0.3 is 9.64 Å². The number of carbonyl (C=O) groups excluding carboxylic acids is 1. The molecule has 4 rings (SSSR count). The summed E-state index contributed by atoms with van der Waals surface area (Å²) in [5.41, 5.74) is 0.859. The van der Waals surface area contributed by atoms with Gasteiger partial charge in [-0.15, -0.1) is 0 Å². The maximum Gasteiger partial charge on any atom is 0.227 e. The van der Waals surface area contributed by atoms with Crippen LogP contribution in [0.25, 0.3) is 10.8 Å². The summed E-state index contributed by atoms with van der Waals surface area (Å²) in [5.74, 6) is -0.0972. The number of morpholine rings is 1. The Morgan fingerprint density at radius 2 is 2.15 bits per heavy atom. The molecule has 1 saturated heterocycles. The lowest BCUT2D eigenvalue weighted by Crippen LogP contribution is -2.45. The van der Waals surface area contributed by atoms with Crippen molar-refractivity contribution in [1.29, 1.82) is 0 Å². The number of fused-ring (bicyclic) bond motifs is 1. The van der Waals surface area contributed by atoms with Crippen LogP contribution in [0.5, 0.6) is 0 Å². The molecule has 1 aliphatic heterocycles. The number of rotatable bonds is 4. The second-order valence-electron chi connectivity index (χ2n) is 6.88. The number of nitrogens with zero attached hydrogens (tertiary/aromatic N) is 4. The molecule has 27 heavy (non-hydrogen) atoms. The van der Waals surface area contributed by atoms with Crippen molar-refractivity contribution in [1.82, 2.24) is 19.7 Å². The Morgan fingerprint density at radius 1 is 1.33 bits per heavy atom. The Balaban J connectivity index is 1.45. The molecule has 1 aromatic carbocycles. The predicted molar refractivity (Wildman–Crippen MR) is 103 cm³/mol. The topological polar surface area (TPSA) is 60.2 Å². The molecule has 0 radical (unpaired) electrons. The zero-order valence-electron chi connectivity index (χ0n) is 15.1. The summed E-state index contributed by atoms with van der Waals surface area (Å²) < 4.78 is 7.61. The van der Waals surface area contributed by atoms with Gasteiger partial charge in [0.05, 0.1) is 42.5 Å². The second kappa shape index (κ2) is 7.66. The molecule has 6 nitrogen and oxygen atoms in total. The van der Waals surface area contributed by atoms with Crippen molar-refractivity contribution in [2.75, 3.05) is 19.7 Å². The van der Waals surface area contributed by atoms with Crippen molar-refractivity contribution >= 4 is 28.3 Å². The number of benzene rings is 1. The van der Waals surface area contributed by atoms with Crippen molar-refractivity contribution in [3.05, 3.63) is 59.6 Å². The second-order valence-corrected chi connectivity index (χ2v) is 7.32. The average molecular weight is 385 g/mol. The van der Waals surface area contributed by atoms with E-state index in [0.29, 0.717) is 31.3 Å². The number of amides is 1. The van der Waals surface area contributed by atoms with Crippen molar-refractivity contribution in [3.63, 3.8) is 0 Å². The van der Waals surface area contributed by atoms with Crippen LogP contribution in [0.3, 0.4) is 0 Å². The highest BCUT2D eigenvalue weighted by Crippen LogP contribution is 2.25. The van der Waals surface area contributed by atoms with Crippen LogP contribution in [-0.2, 0) is 16.1 Å². The van der Waals surface area contributed by atoms with Gasteiger partial charge in [-0.2, -0.15) is 5.10 Å². The van der Waals surface area contributed by atoms with Crippen LogP contribution in [0, 0.1) is 5.92 Å². The summed E-state index contributed by atoms with van der Waals surface area (Å²) in [6.07, 6.45) is 4.96. The number of pyridine rings is 1. The van der Waals surface area contributed by atoms with Crippen LogP contribution in [0.4, 0.5) is 0 Å². The van der Waals surface area contributed by atoms with E-state index in [9.17, 15) is 4.79 Å². The van der Waals surface area contributed by atoms with E-state index < -0.39 is 0 Å². The number of hydrogen-bond donors (Lipinski definition) is 0. The molecule has 2 unspecified atom stereocenters. The largest absolute Gasteiger partial charge is 0.368 e. The monoisotopic (exact) mass is 384 g/mol. The minimum absolute atomic E-state index is 0.0933. The van der Waals surface area contributed by atoms with Gasteiger partial charge in [-0.3, -0.25) is 14.5 Å². The summed E-state index contributed by atoms with van der Waals surface area (Å²) >= 11 is 5.90. The van der Waals surface area contributed by atoms with Crippen LogP contribution in [0.2, 0.25) is 5.02 Å². The molecule has 0 saturated carbocycles. The molecule has 0 bridgehead atoms. The van der Waals surface area contributed by atoms with Crippen LogP contribution in [0.1, 0.15) is 18.7 Å². The highest BCUT2D eigenvalue weighted by Gasteiger charge is 2.29. The molecule has 1 amide bonds.